The van der Waals surface area contributed by atoms with Crippen LogP contribution >= 0.6 is 0 Å². The van der Waals surface area contributed by atoms with Crippen LogP contribution in [0, 0.1) is 0 Å². The van der Waals surface area contributed by atoms with E-state index in [1.165, 1.54) is 10.7 Å². The van der Waals surface area contributed by atoms with Crippen LogP contribution in [0.1, 0.15) is 41.4 Å². The van der Waals surface area contributed by atoms with Crippen LogP contribution in [-0.2, 0) is 29.4 Å². The first kappa shape index (κ1) is 20.2. The number of hydrogen-bond donors (Lipinski definition) is 2. The highest BCUT2D eigenvalue weighted by Gasteiger charge is 2.21. The van der Waals surface area contributed by atoms with Gasteiger partial charge in [-0.25, -0.2) is 13.1 Å². The Labute approximate surface area is 173 Å². The van der Waals surface area contributed by atoms with Crippen LogP contribution in [0.2, 0.25) is 0 Å². The van der Waals surface area contributed by atoms with Crippen molar-refractivity contribution in [2.24, 2.45) is 0 Å². The summed E-state index contributed by atoms with van der Waals surface area (Å²) in [7, 11) is -3.94. The zero-order chi connectivity index (χ0) is 21.3. The molecular formula is C21H22N4O4S. The molecule has 8 nitrogen and oxygen atoms in total. The number of hydrogen-bond acceptors (Lipinski definition) is 5. The third kappa shape index (κ3) is 3.73. The molecule has 0 aliphatic heterocycles. The summed E-state index contributed by atoms with van der Waals surface area (Å²) in [5, 5.41) is 4.89. The first-order valence-electron chi connectivity index (χ1n) is 9.84. The highest BCUT2D eigenvalue weighted by atomic mass is 32.2. The minimum Gasteiger partial charge on any atom is -0.272 e. The van der Waals surface area contributed by atoms with Gasteiger partial charge in [-0.15, -0.1) is 4.83 Å². The number of aromatic nitrogens is 2. The molecule has 2 aromatic carbocycles. The molecule has 0 atom stereocenters. The minimum absolute atomic E-state index is 0.0182. The molecule has 4 rings (SSSR count). The summed E-state index contributed by atoms with van der Waals surface area (Å²) in [6.45, 7) is 2.25. The van der Waals surface area contributed by atoms with Gasteiger partial charge < -0.3 is 0 Å². The number of nitrogens with zero attached hydrogens (tertiary/aromatic N) is 2. The summed E-state index contributed by atoms with van der Waals surface area (Å²) in [5.41, 5.74) is 4.10. The van der Waals surface area contributed by atoms with Crippen molar-refractivity contribution in [1.29, 1.82) is 0 Å². The van der Waals surface area contributed by atoms with Crippen LogP contribution in [-0.4, -0.2) is 24.1 Å². The van der Waals surface area contributed by atoms with Gasteiger partial charge in [-0.2, -0.15) is 5.10 Å². The number of aryl methyl sites for hydroxylation is 3. The van der Waals surface area contributed by atoms with E-state index < -0.39 is 15.9 Å². The van der Waals surface area contributed by atoms with Gasteiger partial charge in [0.25, 0.3) is 21.5 Å². The number of amides is 1. The second-order valence-electron chi connectivity index (χ2n) is 7.27. The number of sulfonamides is 1. The fraction of sp³-hybridized carbons (Fsp3) is 0.286. The Morgan fingerprint density at radius 3 is 2.60 bits per heavy atom. The summed E-state index contributed by atoms with van der Waals surface area (Å²) < 4.78 is 26.5. The smallest absolute Gasteiger partial charge is 0.272 e. The molecule has 0 unspecified atom stereocenters. The van der Waals surface area contributed by atoms with Crippen molar-refractivity contribution in [3.8, 4) is 0 Å². The average Bonchev–Trinajstić information content (AvgIpc) is 3.22. The molecule has 0 radical (unpaired) electrons. The Bertz CT molecular complexity index is 1300. The Kier molecular flexibility index (Phi) is 5.40. The van der Waals surface area contributed by atoms with Crippen LogP contribution in [0.4, 0.5) is 0 Å². The molecule has 2 N–H and O–H groups in total. The molecule has 1 heterocycles. The Morgan fingerprint density at radius 2 is 1.83 bits per heavy atom. The molecule has 0 bridgehead atoms. The quantitative estimate of drug-likeness (QED) is 0.585. The van der Waals surface area contributed by atoms with Crippen LogP contribution in [0.5, 0.6) is 0 Å². The molecule has 0 saturated carbocycles. The molecule has 1 aliphatic rings. The number of hydrazine groups is 1. The lowest BCUT2D eigenvalue weighted by Gasteiger charge is -2.12. The molecule has 0 saturated heterocycles. The van der Waals surface area contributed by atoms with E-state index in [2.05, 4.69) is 15.4 Å². The lowest BCUT2D eigenvalue weighted by atomic mass is 10.1. The lowest BCUT2D eigenvalue weighted by molar-refractivity contribution is 0.0939. The summed E-state index contributed by atoms with van der Waals surface area (Å²) in [4.78, 5) is 27.6. The fourth-order valence-electron chi connectivity index (χ4n) is 3.71. The first-order valence-corrected chi connectivity index (χ1v) is 11.3. The van der Waals surface area contributed by atoms with Crippen LogP contribution < -0.4 is 15.8 Å². The van der Waals surface area contributed by atoms with Crippen molar-refractivity contribution in [3.63, 3.8) is 0 Å². The lowest BCUT2D eigenvalue weighted by Crippen LogP contribution is -2.42. The monoisotopic (exact) mass is 426 g/mol. The van der Waals surface area contributed by atoms with E-state index in [1.54, 1.807) is 30.3 Å². The number of carbonyl (C=O) groups is 1. The molecule has 1 amide bonds. The molecular weight excluding hydrogens is 404 g/mol. The van der Waals surface area contributed by atoms with Crippen LogP contribution in [0.25, 0.3) is 10.8 Å². The maximum absolute atomic E-state index is 12.8. The highest BCUT2D eigenvalue weighted by Crippen LogP contribution is 2.24. The van der Waals surface area contributed by atoms with E-state index in [1.807, 2.05) is 13.0 Å². The third-order valence-electron chi connectivity index (χ3n) is 5.20. The van der Waals surface area contributed by atoms with Gasteiger partial charge in [-0.05, 0) is 55.0 Å². The van der Waals surface area contributed by atoms with Gasteiger partial charge >= 0.3 is 0 Å². The summed E-state index contributed by atoms with van der Waals surface area (Å²) in [6.07, 6.45) is 3.47. The van der Waals surface area contributed by atoms with Gasteiger partial charge in [0.05, 0.1) is 10.3 Å². The third-order valence-corrected chi connectivity index (χ3v) is 6.44. The van der Waals surface area contributed by atoms with Crippen molar-refractivity contribution in [3.05, 3.63) is 69.6 Å². The standard InChI is InChI=1S/C21H22N4O4S/c1-2-12-25-21(27)18-9-4-3-8-17(18)19(23-25)20(26)22-24-30(28,29)16-11-10-14-6-5-7-15(14)13-16/h3-4,8-11,13,24H,2,5-7,12H2,1H3,(H,22,26). The second kappa shape index (κ2) is 8.00. The molecule has 3 aromatic rings. The molecule has 1 aromatic heterocycles. The van der Waals surface area contributed by atoms with Crippen molar-refractivity contribution in [2.45, 2.75) is 44.0 Å². The summed E-state index contributed by atoms with van der Waals surface area (Å²) >= 11 is 0. The van der Waals surface area contributed by atoms with E-state index >= 15 is 0 Å². The average molecular weight is 426 g/mol. The van der Waals surface area contributed by atoms with E-state index in [4.69, 9.17) is 0 Å². The summed E-state index contributed by atoms with van der Waals surface area (Å²) in [6, 6.07) is 11.6. The van der Waals surface area contributed by atoms with Crippen molar-refractivity contribution in [2.75, 3.05) is 0 Å². The van der Waals surface area contributed by atoms with Gasteiger partial charge in [0, 0.05) is 11.9 Å². The minimum atomic E-state index is -3.94. The van der Waals surface area contributed by atoms with Gasteiger partial charge in [0.2, 0.25) is 0 Å². The molecule has 1 aliphatic carbocycles. The number of rotatable bonds is 6. The fourth-order valence-corrected chi connectivity index (χ4v) is 4.60. The first-order chi connectivity index (χ1) is 14.4. The number of benzene rings is 2. The van der Waals surface area contributed by atoms with E-state index in [-0.39, 0.29) is 16.1 Å². The van der Waals surface area contributed by atoms with Gasteiger partial charge in [-0.1, -0.05) is 31.2 Å². The summed E-state index contributed by atoms with van der Waals surface area (Å²) in [5.74, 6) is -0.735. The second-order valence-corrected chi connectivity index (χ2v) is 8.95. The molecule has 9 heteroatoms. The number of fused-ring (bicyclic) bond motifs is 2. The van der Waals surface area contributed by atoms with Crippen molar-refractivity contribution < 1.29 is 13.2 Å². The van der Waals surface area contributed by atoms with Crippen LogP contribution in [0.15, 0.2) is 52.2 Å². The van der Waals surface area contributed by atoms with Crippen LogP contribution in [0.3, 0.4) is 0 Å². The maximum atomic E-state index is 12.8. The molecule has 0 fully saturated rings. The zero-order valence-corrected chi connectivity index (χ0v) is 17.3. The number of carbonyl (C=O) groups excluding carboxylic acids is 1. The van der Waals surface area contributed by atoms with Crippen molar-refractivity contribution >= 4 is 26.7 Å². The van der Waals surface area contributed by atoms with Gasteiger partial charge in [-0.3, -0.25) is 15.0 Å². The normalized spacial score (nSPS) is 13.4. The largest absolute Gasteiger partial charge is 0.287 e. The van der Waals surface area contributed by atoms with Gasteiger partial charge in [0.1, 0.15) is 0 Å². The van der Waals surface area contributed by atoms with Crippen molar-refractivity contribution in [1.82, 2.24) is 20.0 Å². The Hall–Kier alpha value is -3.04. The predicted molar refractivity (Wildman–Crippen MR) is 113 cm³/mol. The molecule has 0 spiro atoms. The predicted octanol–water partition coefficient (Wildman–Crippen LogP) is 1.92. The highest BCUT2D eigenvalue weighted by molar-refractivity contribution is 7.89. The Balaban J connectivity index is 1.62. The number of nitrogens with one attached hydrogen (secondary N) is 2. The van der Waals surface area contributed by atoms with E-state index in [0.717, 1.165) is 30.4 Å². The maximum Gasteiger partial charge on any atom is 0.287 e. The Morgan fingerprint density at radius 1 is 1.10 bits per heavy atom. The topological polar surface area (TPSA) is 110 Å². The van der Waals surface area contributed by atoms with Gasteiger partial charge in [0.15, 0.2) is 5.69 Å². The molecule has 156 valence electrons. The van der Waals surface area contributed by atoms with E-state index in [9.17, 15) is 18.0 Å². The van der Waals surface area contributed by atoms with E-state index in [0.29, 0.717) is 23.7 Å². The molecule has 30 heavy (non-hydrogen) atoms. The zero-order valence-electron chi connectivity index (χ0n) is 16.5. The SMILES string of the molecule is CCCn1nc(C(=O)NNS(=O)(=O)c2ccc3c(c2)CCC3)c2ccccc2c1=O.